The monoisotopic (exact) mass is 385 g/mol. The number of fused-ring (bicyclic) bond motifs is 1. The minimum absolute atomic E-state index is 0.162. The smallest absolute Gasteiger partial charge is 0.340 e. The van der Waals surface area contributed by atoms with Gasteiger partial charge in [-0.2, -0.15) is 0 Å². The number of esters is 1. The molecule has 1 aromatic rings. The van der Waals surface area contributed by atoms with Crippen LogP contribution in [0.25, 0.3) is 16.8 Å². The molecule has 1 aromatic carbocycles. The molecule has 0 spiro atoms. The van der Waals surface area contributed by atoms with Crippen molar-refractivity contribution in [3.8, 4) is 16.8 Å². The first-order valence-corrected chi connectivity index (χ1v) is 8.40. The second-order valence-corrected chi connectivity index (χ2v) is 6.24. The number of carbonyl (C=O) groups excluding carboxylic acids is 1. The SMILES string of the molecule is CCOC(=O)c1c2cc(=O)c(Br)cc-2cn(-c2ccccc2)c1C. The van der Waals surface area contributed by atoms with E-state index in [1.165, 1.54) is 6.07 Å². The zero-order valence-corrected chi connectivity index (χ0v) is 15.0. The number of benzene rings is 2. The van der Waals surface area contributed by atoms with Gasteiger partial charge in [-0.25, -0.2) is 4.79 Å². The van der Waals surface area contributed by atoms with E-state index in [9.17, 15) is 9.59 Å². The molecule has 0 bridgehead atoms. The van der Waals surface area contributed by atoms with Gasteiger partial charge >= 0.3 is 5.97 Å². The molecule has 1 aliphatic heterocycles. The summed E-state index contributed by atoms with van der Waals surface area (Å²) in [6.45, 7) is 3.89. The molecule has 0 saturated carbocycles. The van der Waals surface area contributed by atoms with Crippen molar-refractivity contribution in [1.82, 2.24) is 4.57 Å². The molecule has 0 amide bonds. The minimum Gasteiger partial charge on any atom is -0.462 e. The van der Waals surface area contributed by atoms with E-state index < -0.39 is 5.97 Å². The van der Waals surface area contributed by atoms with E-state index in [0.717, 1.165) is 16.9 Å². The fourth-order valence-corrected chi connectivity index (χ4v) is 3.12. The van der Waals surface area contributed by atoms with Gasteiger partial charge < -0.3 is 9.30 Å². The number of nitrogens with zero attached hydrogens (tertiary/aromatic N) is 1. The van der Waals surface area contributed by atoms with Gasteiger partial charge in [0.1, 0.15) is 0 Å². The van der Waals surface area contributed by atoms with Crippen LogP contribution < -0.4 is 5.43 Å². The normalized spacial score (nSPS) is 10.8. The highest BCUT2D eigenvalue weighted by Gasteiger charge is 2.22. The summed E-state index contributed by atoms with van der Waals surface area (Å²) in [6, 6.07) is 13.0. The Bertz CT molecular complexity index is 931. The summed E-state index contributed by atoms with van der Waals surface area (Å²) < 4.78 is 7.61. The van der Waals surface area contributed by atoms with Crippen LogP contribution in [0, 0.1) is 6.92 Å². The average molecular weight is 386 g/mol. The summed E-state index contributed by atoms with van der Waals surface area (Å²) in [6.07, 6.45) is 1.92. The fraction of sp³-hybridized carbons (Fsp3) is 0.158. The number of carbonyl (C=O) groups is 1. The first kappa shape index (κ1) is 16.5. The van der Waals surface area contributed by atoms with Crippen LogP contribution >= 0.6 is 15.9 Å². The van der Waals surface area contributed by atoms with Gasteiger partial charge in [0.25, 0.3) is 0 Å². The van der Waals surface area contributed by atoms with E-state index in [-0.39, 0.29) is 12.0 Å². The number of ether oxygens (including phenoxy) is 1. The third-order valence-electron chi connectivity index (χ3n) is 3.88. The third-order valence-corrected chi connectivity index (χ3v) is 4.50. The Kier molecular flexibility index (Phi) is 4.53. The van der Waals surface area contributed by atoms with Crippen LogP contribution in [0.15, 0.2) is 57.9 Å². The molecule has 0 radical (unpaired) electrons. The van der Waals surface area contributed by atoms with Gasteiger partial charge in [0.2, 0.25) is 0 Å². The largest absolute Gasteiger partial charge is 0.462 e. The molecule has 2 aliphatic rings. The Morgan fingerprint density at radius 2 is 1.92 bits per heavy atom. The van der Waals surface area contributed by atoms with E-state index in [4.69, 9.17) is 4.74 Å². The van der Waals surface area contributed by atoms with Crippen molar-refractivity contribution in [1.29, 1.82) is 0 Å². The lowest BCUT2D eigenvalue weighted by Crippen LogP contribution is -2.16. The molecule has 4 nitrogen and oxygen atoms in total. The number of hydrogen-bond acceptors (Lipinski definition) is 3. The van der Waals surface area contributed by atoms with Crippen molar-refractivity contribution in [2.45, 2.75) is 13.8 Å². The fourth-order valence-electron chi connectivity index (χ4n) is 2.76. The van der Waals surface area contributed by atoms with Crippen LogP contribution in [0.3, 0.4) is 0 Å². The first-order chi connectivity index (χ1) is 11.5. The highest BCUT2D eigenvalue weighted by atomic mass is 79.9. The molecule has 5 heteroatoms. The molecule has 3 rings (SSSR count). The zero-order valence-electron chi connectivity index (χ0n) is 13.4. The molecule has 0 saturated heterocycles. The second kappa shape index (κ2) is 6.61. The molecule has 0 atom stereocenters. The molecule has 24 heavy (non-hydrogen) atoms. The summed E-state index contributed by atoms with van der Waals surface area (Å²) in [5.74, 6) is -0.424. The Balaban J connectivity index is 2.37. The summed E-state index contributed by atoms with van der Waals surface area (Å²) in [4.78, 5) is 24.5. The number of para-hydroxylation sites is 1. The van der Waals surface area contributed by atoms with Crippen molar-refractivity contribution in [3.63, 3.8) is 0 Å². The summed E-state index contributed by atoms with van der Waals surface area (Å²) in [5, 5.41) is 0. The molecular weight excluding hydrogens is 370 g/mol. The quantitative estimate of drug-likeness (QED) is 0.635. The Morgan fingerprint density at radius 1 is 1.21 bits per heavy atom. The number of rotatable bonds is 3. The molecular formula is C19H16BrNO3. The Labute approximate surface area is 148 Å². The standard InChI is InChI=1S/C19H16BrNO3/c1-3-24-19(23)18-12(2)21(14-7-5-4-6-8-14)11-13-9-16(20)17(22)10-15(13)18/h4-11H,3H2,1-2H3. The second-order valence-electron chi connectivity index (χ2n) is 5.39. The highest BCUT2D eigenvalue weighted by molar-refractivity contribution is 9.10. The minimum atomic E-state index is -0.424. The van der Waals surface area contributed by atoms with Crippen molar-refractivity contribution < 1.29 is 9.53 Å². The maximum Gasteiger partial charge on any atom is 0.340 e. The van der Waals surface area contributed by atoms with Crippen LogP contribution in [-0.4, -0.2) is 17.1 Å². The van der Waals surface area contributed by atoms with Crippen LogP contribution in [0.4, 0.5) is 0 Å². The molecule has 0 fully saturated rings. The van der Waals surface area contributed by atoms with Gasteiger partial charge in [-0.1, -0.05) is 18.2 Å². The third kappa shape index (κ3) is 2.87. The maximum atomic E-state index is 12.5. The molecule has 0 aromatic heterocycles. The van der Waals surface area contributed by atoms with Gasteiger partial charge in [0.05, 0.1) is 16.6 Å². The predicted molar refractivity (Wildman–Crippen MR) is 97.1 cm³/mol. The van der Waals surface area contributed by atoms with Crippen molar-refractivity contribution in [2.24, 2.45) is 0 Å². The van der Waals surface area contributed by atoms with E-state index in [1.54, 1.807) is 13.0 Å². The number of pyridine rings is 1. The number of aromatic nitrogens is 1. The average Bonchev–Trinajstić information content (AvgIpc) is 2.57. The van der Waals surface area contributed by atoms with Crippen LogP contribution in [-0.2, 0) is 4.74 Å². The van der Waals surface area contributed by atoms with Gasteiger partial charge in [-0.05, 0) is 54.0 Å². The van der Waals surface area contributed by atoms with Crippen LogP contribution in [0.1, 0.15) is 23.0 Å². The first-order valence-electron chi connectivity index (χ1n) is 7.61. The Morgan fingerprint density at radius 3 is 2.58 bits per heavy atom. The lowest BCUT2D eigenvalue weighted by molar-refractivity contribution is 0.0525. The lowest BCUT2D eigenvalue weighted by Gasteiger charge is -2.20. The Hall–Kier alpha value is -2.40. The molecule has 1 heterocycles. The van der Waals surface area contributed by atoms with Crippen molar-refractivity contribution in [2.75, 3.05) is 6.61 Å². The lowest BCUT2D eigenvalue weighted by atomic mass is 9.97. The van der Waals surface area contributed by atoms with Gasteiger partial charge in [-0.3, -0.25) is 4.79 Å². The van der Waals surface area contributed by atoms with E-state index in [2.05, 4.69) is 15.9 Å². The molecule has 122 valence electrons. The summed E-state index contributed by atoms with van der Waals surface area (Å²) in [7, 11) is 0. The van der Waals surface area contributed by atoms with E-state index >= 15 is 0 Å². The summed E-state index contributed by atoms with van der Waals surface area (Å²) in [5.41, 5.74) is 3.32. The number of hydrogen-bond donors (Lipinski definition) is 0. The predicted octanol–water partition coefficient (Wildman–Crippen LogP) is 4.19. The van der Waals surface area contributed by atoms with Crippen molar-refractivity contribution >= 4 is 21.9 Å². The summed E-state index contributed by atoms with van der Waals surface area (Å²) >= 11 is 3.27. The topological polar surface area (TPSA) is 48.3 Å². The maximum absolute atomic E-state index is 12.5. The van der Waals surface area contributed by atoms with E-state index in [1.807, 2.05) is 48.0 Å². The number of halogens is 1. The van der Waals surface area contributed by atoms with E-state index in [0.29, 0.717) is 15.6 Å². The highest BCUT2D eigenvalue weighted by Crippen LogP contribution is 2.31. The molecule has 1 aliphatic carbocycles. The van der Waals surface area contributed by atoms with Crippen molar-refractivity contribution in [3.05, 3.63) is 74.6 Å². The molecule has 0 N–H and O–H groups in total. The van der Waals surface area contributed by atoms with Crippen LogP contribution in [0.2, 0.25) is 0 Å². The van der Waals surface area contributed by atoms with Gasteiger partial charge in [0, 0.05) is 28.7 Å². The van der Waals surface area contributed by atoms with Gasteiger partial charge in [0.15, 0.2) is 5.43 Å². The van der Waals surface area contributed by atoms with Crippen LogP contribution in [0.5, 0.6) is 0 Å². The molecule has 0 unspecified atom stereocenters. The van der Waals surface area contributed by atoms with Gasteiger partial charge in [-0.15, -0.1) is 0 Å². The zero-order chi connectivity index (χ0) is 17.3.